The SMILES string of the molecule is O=C(N/C=C/c1cccc(Cl)c1)Nc1ccc(Br)cc1. The molecule has 0 atom stereocenters. The Bertz CT molecular complexity index is 626. The third-order valence-corrected chi connectivity index (χ3v) is 3.20. The van der Waals surface area contributed by atoms with Crippen molar-refractivity contribution in [1.82, 2.24) is 5.32 Å². The van der Waals surface area contributed by atoms with E-state index in [1.165, 1.54) is 0 Å². The van der Waals surface area contributed by atoms with Gasteiger partial charge in [-0.1, -0.05) is 39.7 Å². The fourth-order valence-electron chi connectivity index (χ4n) is 1.52. The van der Waals surface area contributed by atoms with Crippen LogP contribution >= 0.6 is 27.5 Å². The molecular formula is C15H12BrClN2O. The van der Waals surface area contributed by atoms with Crippen LogP contribution in [0.1, 0.15) is 5.56 Å². The molecule has 0 aromatic heterocycles. The van der Waals surface area contributed by atoms with E-state index in [-0.39, 0.29) is 6.03 Å². The molecule has 0 radical (unpaired) electrons. The second-order valence-corrected chi connectivity index (χ2v) is 5.35. The molecule has 2 aromatic rings. The van der Waals surface area contributed by atoms with E-state index in [4.69, 9.17) is 11.6 Å². The zero-order chi connectivity index (χ0) is 14.4. The van der Waals surface area contributed by atoms with E-state index >= 15 is 0 Å². The predicted molar refractivity (Wildman–Crippen MR) is 86.8 cm³/mol. The zero-order valence-electron chi connectivity index (χ0n) is 10.4. The summed E-state index contributed by atoms with van der Waals surface area (Å²) >= 11 is 9.20. The number of carbonyl (C=O) groups is 1. The van der Waals surface area contributed by atoms with Crippen LogP contribution in [0.5, 0.6) is 0 Å². The first-order valence-electron chi connectivity index (χ1n) is 5.89. The number of hydrogen-bond acceptors (Lipinski definition) is 1. The summed E-state index contributed by atoms with van der Waals surface area (Å²) in [6.45, 7) is 0. The maximum absolute atomic E-state index is 11.6. The molecule has 2 amide bonds. The van der Waals surface area contributed by atoms with Gasteiger partial charge in [-0.05, 0) is 48.0 Å². The molecule has 0 saturated carbocycles. The molecule has 0 bridgehead atoms. The maximum Gasteiger partial charge on any atom is 0.323 e. The summed E-state index contributed by atoms with van der Waals surface area (Å²) in [7, 11) is 0. The molecule has 0 heterocycles. The number of hydrogen-bond donors (Lipinski definition) is 2. The van der Waals surface area contributed by atoms with Crippen LogP contribution in [-0.2, 0) is 0 Å². The number of amides is 2. The number of halogens is 2. The van der Waals surface area contributed by atoms with E-state index in [0.29, 0.717) is 5.02 Å². The summed E-state index contributed by atoms with van der Waals surface area (Å²) in [5, 5.41) is 6.01. The van der Waals surface area contributed by atoms with Crippen molar-refractivity contribution >= 4 is 45.3 Å². The Hall–Kier alpha value is -1.78. The summed E-state index contributed by atoms with van der Waals surface area (Å²) in [6.07, 6.45) is 3.34. The molecule has 0 saturated heterocycles. The Labute approximate surface area is 130 Å². The molecular weight excluding hydrogens is 340 g/mol. The Morgan fingerprint density at radius 1 is 1.15 bits per heavy atom. The number of benzene rings is 2. The highest BCUT2D eigenvalue weighted by molar-refractivity contribution is 9.10. The molecule has 3 nitrogen and oxygen atoms in total. The fourth-order valence-corrected chi connectivity index (χ4v) is 1.99. The molecule has 0 spiro atoms. The van der Waals surface area contributed by atoms with Crippen LogP contribution in [0.3, 0.4) is 0 Å². The number of anilines is 1. The molecule has 0 fully saturated rings. The third kappa shape index (κ3) is 4.72. The minimum absolute atomic E-state index is 0.300. The number of rotatable bonds is 3. The summed E-state index contributed by atoms with van der Waals surface area (Å²) in [4.78, 5) is 11.6. The lowest BCUT2D eigenvalue weighted by atomic mass is 10.2. The Morgan fingerprint density at radius 2 is 1.90 bits per heavy atom. The van der Waals surface area contributed by atoms with Gasteiger partial charge in [0.25, 0.3) is 0 Å². The maximum atomic E-state index is 11.6. The minimum Gasteiger partial charge on any atom is -0.314 e. The Morgan fingerprint density at radius 3 is 2.60 bits per heavy atom. The van der Waals surface area contributed by atoms with Crippen LogP contribution < -0.4 is 10.6 Å². The number of carbonyl (C=O) groups excluding carboxylic acids is 1. The van der Waals surface area contributed by atoms with E-state index in [9.17, 15) is 4.79 Å². The van der Waals surface area contributed by atoms with E-state index in [1.807, 2.05) is 42.5 Å². The van der Waals surface area contributed by atoms with Gasteiger partial charge in [0.05, 0.1) is 0 Å². The van der Waals surface area contributed by atoms with Gasteiger partial charge < -0.3 is 10.6 Å². The molecule has 2 rings (SSSR count). The van der Waals surface area contributed by atoms with E-state index in [1.54, 1.807) is 18.3 Å². The van der Waals surface area contributed by atoms with Crippen molar-refractivity contribution in [1.29, 1.82) is 0 Å². The van der Waals surface area contributed by atoms with E-state index in [2.05, 4.69) is 26.6 Å². The van der Waals surface area contributed by atoms with Gasteiger partial charge in [-0.2, -0.15) is 0 Å². The van der Waals surface area contributed by atoms with Crippen LogP contribution in [0.15, 0.2) is 59.2 Å². The average molecular weight is 352 g/mol. The fraction of sp³-hybridized carbons (Fsp3) is 0. The first-order valence-corrected chi connectivity index (χ1v) is 7.06. The molecule has 102 valence electrons. The molecule has 0 unspecified atom stereocenters. The highest BCUT2D eigenvalue weighted by atomic mass is 79.9. The Balaban J connectivity index is 1.87. The summed E-state index contributed by atoms with van der Waals surface area (Å²) < 4.78 is 0.962. The summed E-state index contributed by atoms with van der Waals surface area (Å²) in [5.41, 5.74) is 1.64. The Kier molecular flexibility index (Phi) is 5.21. The van der Waals surface area contributed by atoms with Crippen LogP contribution in [0.4, 0.5) is 10.5 Å². The van der Waals surface area contributed by atoms with Crippen molar-refractivity contribution in [3.8, 4) is 0 Å². The van der Waals surface area contributed by atoms with Gasteiger partial charge in [0, 0.05) is 21.4 Å². The molecule has 0 aliphatic heterocycles. The largest absolute Gasteiger partial charge is 0.323 e. The number of urea groups is 1. The van der Waals surface area contributed by atoms with E-state index < -0.39 is 0 Å². The summed E-state index contributed by atoms with van der Waals surface area (Å²) in [5.74, 6) is 0. The quantitative estimate of drug-likeness (QED) is 0.811. The van der Waals surface area contributed by atoms with Gasteiger partial charge in [-0.3, -0.25) is 0 Å². The minimum atomic E-state index is -0.300. The average Bonchev–Trinajstić information content (AvgIpc) is 2.41. The van der Waals surface area contributed by atoms with Gasteiger partial charge in [-0.25, -0.2) is 4.79 Å². The lowest BCUT2D eigenvalue weighted by molar-refractivity contribution is 0.255. The van der Waals surface area contributed by atoms with Crippen molar-refractivity contribution in [2.45, 2.75) is 0 Å². The third-order valence-electron chi connectivity index (χ3n) is 2.44. The molecule has 2 aromatic carbocycles. The standard InChI is InChI=1S/C15H12BrClN2O/c16-12-4-6-14(7-5-12)19-15(20)18-9-8-11-2-1-3-13(17)10-11/h1-10H,(H2,18,19,20)/b9-8+. The van der Waals surface area contributed by atoms with Gasteiger partial charge in [0.15, 0.2) is 0 Å². The van der Waals surface area contributed by atoms with Crippen LogP contribution in [-0.4, -0.2) is 6.03 Å². The van der Waals surface area contributed by atoms with Crippen molar-refractivity contribution in [3.63, 3.8) is 0 Å². The smallest absolute Gasteiger partial charge is 0.314 e. The molecule has 20 heavy (non-hydrogen) atoms. The predicted octanol–water partition coefficient (Wildman–Crippen LogP) is 4.89. The number of nitrogens with one attached hydrogen (secondary N) is 2. The van der Waals surface area contributed by atoms with Crippen LogP contribution in [0, 0.1) is 0 Å². The van der Waals surface area contributed by atoms with Crippen molar-refractivity contribution < 1.29 is 4.79 Å². The second kappa shape index (κ2) is 7.12. The lowest BCUT2D eigenvalue weighted by Gasteiger charge is -2.04. The van der Waals surface area contributed by atoms with Gasteiger partial charge in [0.1, 0.15) is 0 Å². The van der Waals surface area contributed by atoms with Crippen LogP contribution in [0.2, 0.25) is 5.02 Å². The zero-order valence-corrected chi connectivity index (χ0v) is 12.8. The van der Waals surface area contributed by atoms with Crippen LogP contribution in [0.25, 0.3) is 6.08 Å². The second-order valence-electron chi connectivity index (χ2n) is 3.99. The van der Waals surface area contributed by atoms with E-state index in [0.717, 1.165) is 15.7 Å². The van der Waals surface area contributed by atoms with Crippen molar-refractivity contribution in [2.24, 2.45) is 0 Å². The highest BCUT2D eigenvalue weighted by Gasteiger charge is 1.98. The van der Waals surface area contributed by atoms with Gasteiger partial charge in [-0.15, -0.1) is 0 Å². The first-order chi connectivity index (χ1) is 9.63. The van der Waals surface area contributed by atoms with Gasteiger partial charge >= 0.3 is 6.03 Å². The molecule has 2 N–H and O–H groups in total. The normalized spacial score (nSPS) is 10.5. The topological polar surface area (TPSA) is 41.1 Å². The van der Waals surface area contributed by atoms with Crippen molar-refractivity contribution in [2.75, 3.05) is 5.32 Å². The molecule has 0 aliphatic carbocycles. The van der Waals surface area contributed by atoms with Crippen molar-refractivity contribution in [3.05, 3.63) is 69.8 Å². The molecule has 0 aliphatic rings. The van der Waals surface area contributed by atoms with Gasteiger partial charge in [0.2, 0.25) is 0 Å². The lowest BCUT2D eigenvalue weighted by Crippen LogP contribution is -2.23. The summed E-state index contributed by atoms with van der Waals surface area (Å²) in [6, 6.07) is 14.4. The highest BCUT2D eigenvalue weighted by Crippen LogP contribution is 2.14. The monoisotopic (exact) mass is 350 g/mol. The molecule has 5 heteroatoms. The first kappa shape index (κ1) is 14.6.